The molecule has 5 fully saturated rings. The molecule has 294 valence electrons. The topological polar surface area (TPSA) is 115 Å². The van der Waals surface area contributed by atoms with Crippen molar-refractivity contribution in [3.63, 3.8) is 0 Å². The van der Waals surface area contributed by atoms with E-state index in [0.29, 0.717) is 35.4 Å². The Kier molecular flexibility index (Phi) is 11.1. The number of hydrogen-bond acceptors (Lipinski definition) is 9. The lowest BCUT2D eigenvalue weighted by atomic mass is 9.76. The third kappa shape index (κ3) is 8.33. The maximum Gasteiger partial charge on any atom is 0.253 e. The van der Waals surface area contributed by atoms with Gasteiger partial charge in [0.25, 0.3) is 5.91 Å². The van der Waals surface area contributed by atoms with Crippen molar-refractivity contribution < 1.29 is 14.4 Å². The zero-order valence-corrected chi connectivity index (χ0v) is 33.1. The molecular formula is C44H53ClN8O3. The van der Waals surface area contributed by atoms with Crippen molar-refractivity contribution in [2.24, 2.45) is 11.3 Å². The van der Waals surface area contributed by atoms with E-state index >= 15 is 0 Å². The lowest BCUT2D eigenvalue weighted by molar-refractivity contribution is -0.133. The summed E-state index contributed by atoms with van der Waals surface area (Å²) < 4.78 is 0. The van der Waals surface area contributed by atoms with Gasteiger partial charge in [-0.1, -0.05) is 17.7 Å². The molecule has 5 aliphatic heterocycles. The van der Waals surface area contributed by atoms with Crippen LogP contribution in [-0.4, -0.2) is 105 Å². The first-order valence-electron chi connectivity index (χ1n) is 20.4. The van der Waals surface area contributed by atoms with Crippen LogP contribution in [0.15, 0.2) is 66.7 Å². The number of rotatable bonds is 8. The first-order valence-corrected chi connectivity index (χ1v) is 20.8. The molecule has 5 aliphatic rings. The van der Waals surface area contributed by atoms with E-state index in [0.717, 1.165) is 120 Å². The normalized spacial score (nSPS) is 23.3. The third-order valence-corrected chi connectivity index (χ3v) is 13.4. The lowest BCUT2D eigenvalue weighted by Crippen LogP contribution is -2.50. The first kappa shape index (κ1) is 38.1. The van der Waals surface area contributed by atoms with Crippen molar-refractivity contribution in [2.45, 2.75) is 64.0 Å². The summed E-state index contributed by atoms with van der Waals surface area (Å²) in [4.78, 5) is 49.2. The summed E-state index contributed by atoms with van der Waals surface area (Å²) >= 11 is 6.38. The van der Waals surface area contributed by atoms with E-state index in [-0.39, 0.29) is 29.2 Å². The minimum atomic E-state index is -0.387. The molecule has 2 N–H and O–H groups in total. The van der Waals surface area contributed by atoms with E-state index in [2.05, 4.69) is 67.5 Å². The van der Waals surface area contributed by atoms with Crippen LogP contribution in [-0.2, 0) is 9.59 Å². The second-order valence-corrected chi connectivity index (χ2v) is 17.1. The van der Waals surface area contributed by atoms with Crippen molar-refractivity contribution in [3.05, 3.63) is 82.9 Å². The number of piperazine rings is 1. The summed E-state index contributed by atoms with van der Waals surface area (Å²) in [5, 5.41) is 15.5. The number of imide groups is 1. The Morgan fingerprint density at radius 3 is 2.29 bits per heavy atom. The molecule has 2 unspecified atom stereocenters. The Bertz CT molecular complexity index is 1960. The van der Waals surface area contributed by atoms with E-state index < -0.39 is 0 Å². The number of carbonyl (C=O) groups is 3. The molecule has 3 aromatic carbocycles. The van der Waals surface area contributed by atoms with Gasteiger partial charge in [0.15, 0.2) is 0 Å². The van der Waals surface area contributed by atoms with Crippen molar-refractivity contribution in [2.75, 3.05) is 85.5 Å². The maximum atomic E-state index is 13.5. The molecule has 11 nitrogen and oxygen atoms in total. The van der Waals surface area contributed by atoms with Gasteiger partial charge < -0.3 is 24.9 Å². The van der Waals surface area contributed by atoms with E-state index in [9.17, 15) is 19.6 Å². The molecule has 12 heteroatoms. The predicted molar refractivity (Wildman–Crippen MR) is 221 cm³/mol. The first-order chi connectivity index (χ1) is 27.1. The van der Waals surface area contributed by atoms with Crippen LogP contribution in [0.4, 0.5) is 22.7 Å². The Morgan fingerprint density at radius 2 is 1.59 bits per heavy atom. The van der Waals surface area contributed by atoms with Crippen LogP contribution in [0.25, 0.3) is 0 Å². The van der Waals surface area contributed by atoms with Gasteiger partial charge in [-0.25, -0.2) is 0 Å². The van der Waals surface area contributed by atoms with Crippen LogP contribution < -0.4 is 25.3 Å². The second-order valence-electron chi connectivity index (χ2n) is 16.7. The summed E-state index contributed by atoms with van der Waals surface area (Å²) in [5.74, 6) is 0.299. The van der Waals surface area contributed by atoms with E-state index in [1.807, 2.05) is 47.4 Å². The molecule has 0 saturated carbocycles. The van der Waals surface area contributed by atoms with E-state index in [1.54, 1.807) is 0 Å². The van der Waals surface area contributed by atoms with Crippen LogP contribution in [0.5, 0.6) is 0 Å². The Labute approximate surface area is 335 Å². The minimum Gasteiger partial charge on any atom is -0.374 e. The SMILES string of the molecule is CC1CC2(CCN(c3ccc(C(=O)N4CCN(CC5CCN(c6cccc(NC7CCC(=O)NC7=O)c6)CC5)CC4)cc3)CC2)CN1c1ccc(C#N)c(Cl)c1. The highest BCUT2D eigenvalue weighted by atomic mass is 35.5. The molecule has 3 amide bonds. The molecule has 8 rings (SSSR count). The fourth-order valence-corrected chi connectivity index (χ4v) is 9.95. The molecule has 56 heavy (non-hydrogen) atoms. The molecule has 1 spiro atoms. The molecule has 0 aliphatic carbocycles. The van der Waals surface area contributed by atoms with E-state index in [4.69, 9.17) is 11.6 Å². The molecule has 5 heterocycles. The summed E-state index contributed by atoms with van der Waals surface area (Å²) in [6.07, 6.45) is 6.53. The molecular weight excluding hydrogens is 724 g/mol. The zero-order chi connectivity index (χ0) is 38.8. The predicted octanol–water partition coefficient (Wildman–Crippen LogP) is 5.99. The summed E-state index contributed by atoms with van der Waals surface area (Å²) in [7, 11) is 0. The monoisotopic (exact) mass is 776 g/mol. The van der Waals surface area contributed by atoms with Gasteiger partial charge in [-0.2, -0.15) is 5.26 Å². The van der Waals surface area contributed by atoms with Crippen molar-refractivity contribution in [1.82, 2.24) is 15.1 Å². The van der Waals surface area contributed by atoms with E-state index in [1.165, 1.54) is 5.69 Å². The van der Waals surface area contributed by atoms with Gasteiger partial charge >= 0.3 is 0 Å². The second kappa shape index (κ2) is 16.4. The number of carbonyl (C=O) groups excluding carboxylic acids is 3. The fraction of sp³-hybridized carbons (Fsp3) is 0.500. The summed E-state index contributed by atoms with van der Waals surface area (Å²) in [6, 6.07) is 24.5. The van der Waals surface area contributed by atoms with Gasteiger partial charge in [0.05, 0.1) is 10.6 Å². The van der Waals surface area contributed by atoms with Crippen LogP contribution in [0.2, 0.25) is 5.02 Å². The van der Waals surface area contributed by atoms with Crippen LogP contribution in [0.1, 0.15) is 67.8 Å². The maximum absolute atomic E-state index is 13.5. The van der Waals surface area contributed by atoms with Crippen LogP contribution in [0.3, 0.4) is 0 Å². The Balaban J connectivity index is 0.762. The van der Waals surface area contributed by atoms with Crippen LogP contribution in [0, 0.1) is 22.7 Å². The Hall–Kier alpha value is -4.79. The molecule has 3 aromatic rings. The number of hydrogen-bond donors (Lipinski definition) is 2. The van der Waals surface area contributed by atoms with Gasteiger partial charge in [-0.05, 0) is 117 Å². The quantitative estimate of drug-likeness (QED) is 0.267. The van der Waals surface area contributed by atoms with Gasteiger partial charge in [-0.3, -0.25) is 24.6 Å². The lowest BCUT2D eigenvalue weighted by Gasteiger charge is -2.40. The number of nitrogens with zero attached hydrogens (tertiary/aromatic N) is 6. The van der Waals surface area contributed by atoms with Crippen molar-refractivity contribution in [1.29, 1.82) is 5.26 Å². The standard InChI is InChI=1S/C44H53ClN8O3/c1-31-27-44(30-53(31)38-10-7-34(28-46)39(45)26-38)15-19-51(20-16-44)36-8-5-33(6-9-36)43(56)52-23-21-49(22-24-52)29-32-13-17-50(18-14-32)37-4-2-3-35(25-37)47-40-11-12-41(54)48-42(40)55/h2-10,25-26,31-32,40,47H,11-24,27,29-30H2,1H3,(H,48,54,55). The Morgan fingerprint density at radius 1 is 0.875 bits per heavy atom. The number of nitriles is 1. The molecule has 0 bridgehead atoms. The number of amides is 3. The summed E-state index contributed by atoms with van der Waals surface area (Å²) in [6.45, 7) is 11.7. The zero-order valence-electron chi connectivity index (χ0n) is 32.4. The number of nitrogens with one attached hydrogen (secondary N) is 2. The minimum absolute atomic E-state index is 0.124. The van der Waals surface area contributed by atoms with Crippen molar-refractivity contribution >= 4 is 52.1 Å². The molecule has 0 aromatic heterocycles. The highest BCUT2D eigenvalue weighted by molar-refractivity contribution is 6.32. The van der Waals surface area contributed by atoms with Gasteiger partial charge in [-0.15, -0.1) is 0 Å². The molecule has 2 atom stereocenters. The largest absolute Gasteiger partial charge is 0.374 e. The van der Waals surface area contributed by atoms with Gasteiger partial charge in [0.2, 0.25) is 11.8 Å². The molecule has 0 radical (unpaired) electrons. The molecule has 5 saturated heterocycles. The average Bonchev–Trinajstić information content (AvgIpc) is 3.54. The third-order valence-electron chi connectivity index (χ3n) is 13.1. The summed E-state index contributed by atoms with van der Waals surface area (Å²) in [5.41, 5.74) is 5.90. The number of benzene rings is 3. The van der Waals surface area contributed by atoms with Crippen LogP contribution >= 0.6 is 11.6 Å². The van der Waals surface area contributed by atoms with Gasteiger partial charge in [0, 0.05) is 106 Å². The van der Waals surface area contributed by atoms with Crippen molar-refractivity contribution in [3.8, 4) is 6.07 Å². The highest BCUT2D eigenvalue weighted by Gasteiger charge is 2.44. The highest BCUT2D eigenvalue weighted by Crippen LogP contribution is 2.46. The number of piperidine rings is 3. The van der Waals surface area contributed by atoms with Gasteiger partial charge in [0.1, 0.15) is 12.1 Å². The fourth-order valence-electron chi connectivity index (χ4n) is 9.73. The smallest absolute Gasteiger partial charge is 0.253 e. The number of halogens is 1. The average molecular weight is 777 g/mol. The number of anilines is 4.